The van der Waals surface area contributed by atoms with E-state index in [0.717, 1.165) is 42.9 Å². The van der Waals surface area contributed by atoms with Crippen LogP contribution in [0, 0.1) is 0 Å². The molecule has 6 rings (SSSR count). The lowest BCUT2D eigenvalue weighted by molar-refractivity contribution is 0.1000. The van der Waals surface area contributed by atoms with E-state index in [2.05, 4.69) is 63.4 Å². The monoisotopic (exact) mass is 534 g/mol. The van der Waals surface area contributed by atoms with Crippen molar-refractivity contribution in [2.24, 2.45) is 0 Å². The van der Waals surface area contributed by atoms with Gasteiger partial charge in [0.15, 0.2) is 0 Å². The number of pyridine rings is 1. The number of allylic oxidation sites excluding steroid dienone is 1. The highest BCUT2D eigenvalue weighted by Gasteiger charge is 2.22. The first-order valence-corrected chi connectivity index (χ1v) is 13.8. The molecule has 1 fully saturated rings. The minimum Gasteiger partial charge on any atom is -0.326 e. The first kappa shape index (κ1) is 26.0. The van der Waals surface area contributed by atoms with Gasteiger partial charge in [0.25, 0.3) is 11.5 Å². The number of nitrogens with zero attached hydrogens (tertiary/aromatic N) is 4. The Morgan fingerprint density at radius 2 is 1.93 bits per heavy atom. The molecule has 40 heavy (non-hydrogen) atoms. The SMILES string of the molecule is CC1CN(Cc2ccc3c(c2)C=C(c2cc(NC(=O)c4cnn(Cc5ccccc5)c4)c[nH]c2=O)C3)CCN1C. The number of hydrogen-bond donors (Lipinski definition) is 2. The van der Waals surface area contributed by atoms with Gasteiger partial charge in [0.2, 0.25) is 0 Å². The smallest absolute Gasteiger partial charge is 0.258 e. The number of hydrogen-bond acceptors (Lipinski definition) is 5. The summed E-state index contributed by atoms with van der Waals surface area (Å²) >= 11 is 0. The lowest BCUT2D eigenvalue weighted by Crippen LogP contribution is -2.49. The third kappa shape index (κ3) is 5.68. The highest BCUT2D eigenvalue weighted by Crippen LogP contribution is 2.32. The molecular formula is C32H34N6O2. The van der Waals surface area contributed by atoms with E-state index >= 15 is 0 Å². The van der Waals surface area contributed by atoms with Crippen molar-refractivity contribution in [2.45, 2.75) is 32.5 Å². The maximum Gasteiger partial charge on any atom is 0.258 e. The van der Waals surface area contributed by atoms with Crippen molar-refractivity contribution in [3.8, 4) is 0 Å². The fraction of sp³-hybridized carbons (Fsp3) is 0.281. The average molecular weight is 535 g/mol. The van der Waals surface area contributed by atoms with E-state index in [1.54, 1.807) is 23.1 Å². The van der Waals surface area contributed by atoms with E-state index in [9.17, 15) is 9.59 Å². The van der Waals surface area contributed by atoms with Gasteiger partial charge in [-0.3, -0.25) is 19.2 Å². The maximum atomic E-state index is 12.9. The van der Waals surface area contributed by atoms with Gasteiger partial charge in [0, 0.05) is 50.2 Å². The second-order valence-corrected chi connectivity index (χ2v) is 10.9. The van der Waals surface area contributed by atoms with Crippen LogP contribution in [0.15, 0.2) is 78.0 Å². The molecule has 4 aromatic rings. The fourth-order valence-corrected chi connectivity index (χ4v) is 5.52. The zero-order valence-electron chi connectivity index (χ0n) is 22.9. The molecule has 1 aliphatic carbocycles. The molecule has 2 aliphatic rings. The van der Waals surface area contributed by atoms with Crippen molar-refractivity contribution < 1.29 is 4.79 Å². The highest BCUT2D eigenvalue weighted by atomic mass is 16.1. The number of amides is 1. The Morgan fingerprint density at radius 3 is 2.75 bits per heavy atom. The lowest BCUT2D eigenvalue weighted by atomic mass is 10.0. The Kier molecular flexibility index (Phi) is 7.19. The number of benzene rings is 2. The Labute approximate surface area is 234 Å². The molecule has 1 unspecified atom stereocenters. The zero-order valence-corrected chi connectivity index (χ0v) is 22.9. The molecular weight excluding hydrogens is 500 g/mol. The summed E-state index contributed by atoms with van der Waals surface area (Å²) in [6.07, 6.45) is 7.62. The summed E-state index contributed by atoms with van der Waals surface area (Å²) in [5.41, 5.74) is 7.12. The van der Waals surface area contributed by atoms with Crippen molar-refractivity contribution in [1.29, 1.82) is 0 Å². The van der Waals surface area contributed by atoms with Crippen molar-refractivity contribution in [1.82, 2.24) is 24.6 Å². The van der Waals surface area contributed by atoms with Crippen molar-refractivity contribution in [3.05, 3.63) is 117 Å². The van der Waals surface area contributed by atoms with Gasteiger partial charge in [-0.25, -0.2) is 0 Å². The molecule has 0 saturated carbocycles. The van der Waals surface area contributed by atoms with Gasteiger partial charge >= 0.3 is 0 Å². The molecule has 2 aromatic carbocycles. The normalized spacial score (nSPS) is 17.4. The van der Waals surface area contributed by atoms with E-state index in [1.165, 1.54) is 17.3 Å². The number of aromatic nitrogens is 3. The van der Waals surface area contributed by atoms with Crippen molar-refractivity contribution in [2.75, 3.05) is 32.0 Å². The summed E-state index contributed by atoms with van der Waals surface area (Å²) in [5.74, 6) is -0.274. The Bertz CT molecular complexity index is 1620. The number of aromatic amines is 1. The number of rotatable bonds is 7. The van der Waals surface area contributed by atoms with Crippen LogP contribution in [0.3, 0.4) is 0 Å². The van der Waals surface area contributed by atoms with Crippen LogP contribution >= 0.6 is 0 Å². The van der Waals surface area contributed by atoms with E-state index in [4.69, 9.17) is 0 Å². The third-order valence-corrected chi connectivity index (χ3v) is 7.96. The van der Waals surface area contributed by atoms with Crippen LogP contribution in [-0.2, 0) is 19.5 Å². The molecule has 2 aromatic heterocycles. The van der Waals surface area contributed by atoms with E-state index < -0.39 is 0 Å². The van der Waals surface area contributed by atoms with E-state index in [0.29, 0.717) is 35.8 Å². The molecule has 1 saturated heterocycles. The minimum absolute atomic E-state index is 0.167. The number of carbonyl (C=O) groups is 1. The first-order chi connectivity index (χ1) is 19.4. The van der Waals surface area contributed by atoms with E-state index in [1.807, 2.05) is 30.3 Å². The van der Waals surface area contributed by atoms with Crippen LogP contribution in [0.25, 0.3) is 11.6 Å². The molecule has 1 amide bonds. The third-order valence-electron chi connectivity index (χ3n) is 7.96. The number of anilines is 1. The molecule has 0 spiro atoms. The Balaban J connectivity index is 1.14. The van der Waals surface area contributed by atoms with Crippen molar-refractivity contribution >= 4 is 23.2 Å². The highest BCUT2D eigenvalue weighted by molar-refractivity contribution is 6.04. The van der Waals surface area contributed by atoms with Gasteiger partial charge in [0.05, 0.1) is 24.0 Å². The van der Waals surface area contributed by atoms with Gasteiger partial charge < -0.3 is 15.2 Å². The molecule has 1 aliphatic heterocycles. The van der Waals surface area contributed by atoms with Gasteiger partial charge in [-0.15, -0.1) is 0 Å². The molecule has 1 atom stereocenters. The van der Waals surface area contributed by atoms with Gasteiger partial charge in [-0.1, -0.05) is 54.6 Å². The average Bonchev–Trinajstić information content (AvgIpc) is 3.59. The number of H-pyrrole nitrogens is 1. The largest absolute Gasteiger partial charge is 0.326 e. The number of likely N-dealkylation sites (N-methyl/N-ethyl adjacent to an activating group) is 1. The van der Waals surface area contributed by atoms with Crippen molar-refractivity contribution in [3.63, 3.8) is 0 Å². The standard InChI is InChI=1S/C32H34N6O2/c1-22-18-37(11-10-36(22)2)19-24-8-9-25-13-27(14-26(25)12-24)30-15-29(17-33-32(30)40)35-31(39)28-16-34-38(21-28)20-23-6-4-3-5-7-23/h3-9,12,14-17,21-22H,10-11,13,18-20H2,1-2H3,(H,33,40)(H,35,39). The first-order valence-electron chi connectivity index (χ1n) is 13.8. The quantitative estimate of drug-likeness (QED) is 0.373. The van der Waals surface area contributed by atoms with Gasteiger partial charge in [-0.2, -0.15) is 5.10 Å². The Hall–Kier alpha value is -4.27. The van der Waals surface area contributed by atoms with Gasteiger partial charge in [-0.05, 0) is 54.3 Å². The summed E-state index contributed by atoms with van der Waals surface area (Å²) in [7, 11) is 2.19. The number of carbonyl (C=O) groups excluding carboxylic acids is 1. The zero-order chi connectivity index (χ0) is 27.6. The summed E-state index contributed by atoms with van der Waals surface area (Å²) in [6, 6.07) is 18.9. The maximum absolute atomic E-state index is 12.9. The molecule has 8 heteroatoms. The van der Waals surface area contributed by atoms with Crippen LogP contribution in [0.1, 0.15) is 45.1 Å². The molecule has 0 radical (unpaired) electrons. The predicted octanol–water partition coefficient (Wildman–Crippen LogP) is 4.10. The fourth-order valence-electron chi connectivity index (χ4n) is 5.52. The molecule has 204 valence electrons. The minimum atomic E-state index is -0.274. The van der Waals surface area contributed by atoms with Gasteiger partial charge in [0.1, 0.15) is 0 Å². The van der Waals surface area contributed by atoms with Crippen LogP contribution in [0.4, 0.5) is 5.69 Å². The number of fused-ring (bicyclic) bond motifs is 1. The Morgan fingerprint density at radius 1 is 1.07 bits per heavy atom. The predicted molar refractivity (Wildman–Crippen MR) is 158 cm³/mol. The van der Waals surface area contributed by atoms with Crippen LogP contribution < -0.4 is 10.9 Å². The van der Waals surface area contributed by atoms with Crippen LogP contribution in [-0.4, -0.2) is 63.2 Å². The van der Waals surface area contributed by atoms with Crippen LogP contribution in [0.5, 0.6) is 0 Å². The summed E-state index contributed by atoms with van der Waals surface area (Å²) < 4.78 is 1.74. The molecule has 3 heterocycles. The molecule has 0 bridgehead atoms. The topological polar surface area (TPSA) is 86.3 Å². The number of piperazine rings is 1. The summed E-state index contributed by atoms with van der Waals surface area (Å²) in [4.78, 5) is 33.4. The summed E-state index contributed by atoms with van der Waals surface area (Å²) in [5, 5.41) is 7.24. The number of nitrogens with one attached hydrogen (secondary N) is 2. The second-order valence-electron chi connectivity index (χ2n) is 10.9. The second kappa shape index (κ2) is 11.1. The molecule has 8 nitrogen and oxygen atoms in total. The summed E-state index contributed by atoms with van der Waals surface area (Å²) in [6.45, 7) is 7.01. The van der Waals surface area contributed by atoms with Crippen LogP contribution in [0.2, 0.25) is 0 Å². The van der Waals surface area contributed by atoms with E-state index in [-0.39, 0.29) is 11.5 Å². The molecule has 2 N–H and O–H groups in total. The lowest BCUT2D eigenvalue weighted by Gasteiger charge is -2.37.